The van der Waals surface area contributed by atoms with Crippen LogP contribution in [-0.4, -0.2) is 21.6 Å². The Labute approximate surface area is 122 Å². The number of aromatic nitrogens is 2. The molecule has 1 N–H and O–H groups in total. The third-order valence-electron chi connectivity index (χ3n) is 2.74. The fourth-order valence-corrected chi connectivity index (χ4v) is 1.79. The number of nitro benzene ring substituents is 1. The summed E-state index contributed by atoms with van der Waals surface area (Å²) in [6, 6.07) is 2.74. The summed E-state index contributed by atoms with van der Waals surface area (Å²) in [6.45, 7) is 1.89. The van der Waals surface area contributed by atoms with E-state index in [9.17, 15) is 23.3 Å². The summed E-state index contributed by atoms with van der Waals surface area (Å²) in [7, 11) is 0. The largest absolute Gasteiger partial charge is 0.423 e. The number of benzene rings is 1. The predicted octanol–water partition coefficient (Wildman–Crippen LogP) is 2.96. The van der Waals surface area contributed by atoms with Gasteiger partial charge >= 0.3 is 6.18 Å². The van der Waals surface area contributed by atoms with Crippen LogP contribution >= 0.6 is 0 Å². The van der Waals surface area contributed by atoms with Gasteiger partial charge in [0.2, 0.25) is 5.89 Å². The molecule has 0 fully saturated rings. The van der Waals surface area contributed by atoms with Crippen LogP contribution in [0, 0.1) is 17.0 Å². The Hall–Kier alpha value is -2.65. The Kier molecular flexibility index (Phi) is 4.29. The van der Waals surface area contributed by atoms with E-state index in [0.717, 1.165) is 6.07 Å². The Morgan fingerprint density at radius 2 is 2.14 bits per heavy atom. The van der Waals surface area contributed by atoms with E-state index >= 15 is 0 Å². The van der Waals surface area contributed by atoms with E-state index in [1.54, 1.807) is 6.92 Å². The Morgan fingerprint density at radius 3 is 2.68 bits per heavy atom. The predicted molar refractivity (Wildman–Crippen MR) is 69.3 cm³/mol. The second-order valence-electron chi connectivity index (χ2n) is 4.40. The van der Waals surface area contributed by atoms with Crippen LogP contribution in [0.25, 0.3) is 0 Å². The first-order valence-corrected chi connectivity index (χ1v) is 6.16. The fourth-order valence-electron chi connectivity index (χ4n) is 1.79. The van der Waals surface area contributed by atoms with E-state index in [-0.39, 0.29) is 12.2 Å². The molecule has 0 spiro atoms. The maximum Gasteiger partial charge on any atom is 0.423 e. The van der Waals surface area contributed by atoms with Crippen molar-refractivity contribution in [2.24, 2.45) is 0 Å². The van der Waals surface area contributed by atoms with E-state index in [1.807, 2.05) is 0 Å². The average molecular weight is 316 g/mol. The molecule has 10 heteroatoms. The van der Waals surface area contributed by atoms with Crippen LogP contribution < -0.4 is 5.32 Å². The van der Waals surface area contributed by atoms with Crippen molar-refractivity contribution in [3.8, 4) is 0 Å². The summed E-state index contributed by atoms with van der Waals surface area (Å²) in [4.78, 5) is 13.5. The third-order valence-corrected chi connectivity index (χ3v) is 2.74. The van der Waals surface area contributed by atoms with E-state index in [0.29, 0.717) is 24.2 Å². The van der Waals surface area contributed by atoms with Crippen LogP contribution in [0.2, 0.25) is 0 Å². The van der Waals surface area contributed by atoms with Gasteiger partial charge < -0.3 is 9.84 Å². The third kappa shape index (κ3) is 3.71. The summed E-state index contributed by atoms with van der Waals surface area (Å²) in [5, 5.41) is 17.0. The van der Waals surface area contributed by atoms with Gasteiger partial charge in [0.1, 0.15) is 5.56 Å². The number of halogens is 3. The molecule has 22 heavy (non-hydrogen) atoms. The number of nitrogens with one attached hydrogen (secondary N) is 1. The Balaban J connectivity index is 2.10. The topological polar surface area (TPSA) is 94.1 Å². The average Bonchev–Trinajstić information content (AvgIpc) is 2.83. The maximum absolute atomic E-state index is 12.8. The minimum absolute atomic E-state index is 0.120. The molecule has 0 bridgehead atoms. The van der Waals surface area contributed by atoms with Crippen molar-refractivity contribution in [3.63, 3.8) is 0 Å². The highest BCUT2D eigenvalue weighted by Crippen LogP contribution is 2.37. The van der Waals surface area contributed by atoms with Crippen LogP contribution in [0.3, 0.4) is 0 Å². The lowest BCUT2D eigenvalue weighted by atomic mass is 10.1. The molecule has 0 saturated carbocycles. The van der Waals surface area contributed by atoms with Crippen molar-refractivity contribution in [2.45, 2.75) is 19.5 Å². The van der Waals surface area contributed by atoms with Crippen LogP contribution in [0.5, 0.6) is 0 Å². The first-order chi connectivity index (χ1) is 10.3. The summed E-state index contributed by atoms with van der Waals surface area (Å²) < 4.78 is 43.3. The van der Waals surface area contributed by atoms with Crippen LogP contribution in [0.1, 0.15) is 17.3 Å². The summed E-state index contributed by atoms with van der Waals surface area (Å²) in [5.74, 6) is 0.813. The second kappa shape index (κ2) is 6.00. The number of nitrogens with zero attached hydrogens (tertiary/aromatic N) is 3. The number of hydrogen-bond donors (Lipinski definition) is 1. The molecule has 0 aliphatic heterocycles. The molecule has 0 aliphatic carbocycles. The number of aryl methyl sites for hydroxylation is 1. The SMILES string of the molecule is Cc1noc(CCNc2ccc([N+](=O)[O-])c(C(F)(F)F)c2)n1. The highest BCUT2D eigenvalue weighted by molar-refractivity contribution is 5.55. The lowest BCUT2D eigenvalue weighted by molar-refractivity contribution is -0.388. The zero-order chi connectivity index (χ0) is 16.3. The quantitative estimate of drug-likeness (QED) is 0.673. The molecular formula is C12H11F3N4O3. The molecule has 118 valence electrons. The minimum atomic E-state index is -4.80. The number of anilines is 1. The van der Waals surface area contributed by atoms with Crippen molar-refractivity contribution < 1.29 is 22.6 Å². The molecular weight excluding hydrogens is 305 g/mol. The number of alkyl halides is 3. The normalized spacial score (nSPS) is 11.5. The van der Waals surface area contributed by atoms with E-state index < -0.39 is 22.4 Å². The monoisotopic (exact) mass is 316 g/mol. The van der Waals surface area contributed by atoms with Crippen molar-refractivity contribution in [1.29, 1.82) is 0 Å². The lowest BCUT2D eigenvalue weighted by Crippen LogP contribution is -2.11. The van der Waals surface area contributed by atoms with Crippen molar-refractivity contribution >= 4 is 11.4 Å². The van der Waals surface area contributed by atoms with Gasteiger partial charge in [-0.3, -0.25) is 10.1 Å². The van der Waals surface area contributed by atoms with Crippen molar-refractivity contribution in [3.05, 3.63) is 45.6 Å². The number of hydrogen-bond acceptors (Lipinski definition) is 6. The van der Waals surface area contributed by atoms with Gasteiger partial charge in [0.05, 0.1) is 4.92 Å². The van der Waals surface area contributed by atoms with E-state index in [2.05, 4.69) is 15.5 Å². The zero-order valence-corrected chi connectivity index (χ0v) is 11.3. The molecule has 0 aliphatic rings. The van der Waals surface area contributed by atoms with Gasteiger partial charge in [-0.15, -0.1) is 0 Å². The Morgan fingerprint density at radius 1 is 1.41 bits per heavy atom. The number of rotatable bonds is 5. The Bertz CT molecular complexity index is 684. The molecule has 0 radical (unpaired) electrons. The molecule has 0 unspecified atom stereocenters. The van der Waals surface area contributed by atoms with Gasteiger partial charge in [0, 0.05) is 24.7 Å². The van der Waals surface area contributed by atoms with Gasteiger partial charge in [-0.2, -0.15) is 18.2 Å². The highest BCUT2D eigenvalue weighted by atomic mass is 19.4. The molecule has 0 amide bonds. The molecule has 0 atom stereocenters. The second-order valence-corrected chi connectivity index (χ2v) is 4.40. The lowest BCUT2D eigenvalue weighted by Gasteiger charge is -2.10. The summed E-state index contributed by atoms with van der Waals surface area (Å²) in [6.07, 6.45) is -4.48. The maximum atomic E-state index is 12.8. The first-order valence-electron chi connectivity index (χ1n) is 6.16. The zero-order valence-electron chi connectivity index (χ0n) is 11.3. The van der Waals surface area contributed by atoms with Gasteiger partial charge in [-0.1, -0.05) is 5.16 Å². The summed E-state index contributed by atoms with van der Waals surface area (Å²) >= 11 is 0. The van der Waals surface area contributed by atoms with Gasteiger partial charge in [0.25, 0.3) is 5.69 Å². The molecule has 0 saturated heterocycles. The number of nitro groups is 1. The van der Waals surface area contributed by atoms with E-state index in [1.165, 1.54) is 6.07 Å². The standard InChI is InChI=1S/C12H11F3N4O3/c1-7-17-11(22-18-7)4-5-16-8-2-3-10(19(20)21)9(6-8)12(13,14)15/h2-3,6,16H,4-5H2,1H3. The van der Waals surface area contributed by atoms with Crippen LogP contribution in [0.15, 0.2) is 22.7 Å². The molecule has 7 nitrogen and oxygen atoms in total. The molecule has 1 heterocycles. The van der Waals surface area contributed by atoms with Crippen molar-refractivity contribution in [1.82, 2.24) is 10.1 Å². The van der Waals surface area contributed by atoms with Crippen molar-refractivity contribution in [2.75, 3.05) is 11.9 Å². The molecule has 1 aromatic carbocycles. The van der Waals surface area contributed by atoms with E-state index in [4.69, 9.17) is 4.52 Å². The highest BCUT2D eigenvalue weighted by Gasteiger charge is 2.38. The van der Waals surface area contributed by atoms with Gasteiger partial charge in [0.15, 0.2) is 5.82 Å². The summed E-state index contributed by atoms with van der Waals surface area (Å²) in [5.41, 5.74) is -2.16. The molecule has 2 aromatic rings. The van der Waals surface area contributed by atoms with Gasteiger partial charge in [-0.25, -0.2) is 0 Å². The van der Waals surface area contributed by atoms with Gasteiger partial charge in [-0.05, 0) is 19.1 Å². The fraction of sp³-hybridized carbons (Fsp3) is 0.333. The van der Waals surface area contributed by atoms with Crippen LogP contribution in [-0.2, 0) is 12.6 Å². The first kappa shape index (κ1) is 15.7. The smallest absolute Gasteiger partial charge is 0.385 e. The molecule has 2 rings (SSSR count). The minimum Gasteiger partial charge on any atom is -0.385 e. The van der Waals surface area contributed by atoms with Crippen LogP contribution in [0.4, 0.5) is 24.5 Å². The molecule has 1 aromatic heterocycles.